The van der Waals surface area contributed by atoms with Crippen LogP contribution in [-0.4, -0.2) is 16.3 Å². The molecule has 62 valence electrons. The van der Waals surface area contributed by atoms with E-state index in [-0.39, 0.29) is 0 Å². The summed E-state index contributed by atoms with van der Waals surface area (Å²) < 4.78 is 0. The van der Waals surface area contributed by atoms with E-state index in [9.17, 15) is 4.79 Å². The maximum atomic E-state index is 10.6. The van der Waals surface area contributed by atoms with Crippen LogP contribution >= 0.6 is 11.8 Å². The zero-order chi connectivity index (χ0) is 8.55. The number of carboxylic acid groups (broad SMARTS) is 1. The molecule has 1 heterocycles. The first-order valence-electron chi connectivity index (χ1n) is 3.73. The van der Waals surface area contributed by atoms with E-state index < -0.39 is 5.97 Å². The number of thioether (sulfide) groups is 1. The Labute approximate surface area is 74.7 Å². The topological polar surface area (TPSA) is 37.3 Å². The Morgan fingerprint density at radius 1 is 1.50 bits per heavy atom. The minimum Gasteiger partial charge on any atom is -0.478 e. The average molecular weight is 180 g/mol. The Kier molecular flexibility index (Phi) is 1.81. The van der Waals surface area contributed by atoms with Crippen molar-refractivity contribution < 1.29 is 9.90 Å². The molecular weight excluding hydrogens is 172 g/mol. The lowest BCUT2D eigenvalue weighted by Gasteiger charge is -2.15. The molecule has 0 bridgehead atoms. The Morgan fingerprint density at radius 2 is 2.33 bits per heavy atom. The molecule has 1 N–H and O–H groups in total. The molecule has 1 aliphatic carbocycles. The van der Waals surface area contributed by atoms with Gasteiger partial charge in [-0.2, -0.15) is 0 Å². The van der Waals surface area contributed by atoms with Crippen molar-refractivity contribution in [3.8, 4) is 0 Å². The Morgan fingerprint density at radius 3 is 3.08 bits per heavy atom. The van der Waals surface area contributed by atoms with Gasteiger partial charge in [0.15, 0.2) is 0 Å². The van der Waals surface area contributed by atoms with E-state index in [4.69, 9.17) is 5.11 Å². The van der Waals surface area contributed by atoms with Crippen molar-refractivity contribution in [2.75, 3.05) is 0 Å². The summed E-state index contributed by atoms with van der Waals surface area (Å²) in [6.45, 7) is 0. The van der Waals surface area contributed by atoms with Crippen LogP contribution in [0.4, 0.5) is 0 Å². The van der Waals surface area contributed by atoms with Gasteiger partial charge in [0.1, 0.15) is 0 Å². The van der Waals surface area contributed by atoms with Crippen LogP contribution in [0.2, 0.25) is 0 Å². The highest BCUT2D eigenvalue weighted by atomic mass is 32.2. The van der Waals surface area contributed by atoms with Crippen molar-refractivity contribution in [2.45, 2.75) is 5.25 Å². The fourth-order valence-corrected chi connectivity index (χ4v) is 2.38. The minimum absolute atomic E-state index is 0.307. The summed E-state index contributed by atoms with van der Waals surface area (Å²) >= 11 is 1.68. The standard InChI is InChI=1S/C9H8O2S/c10-9(11)7-2-1-6-3-4-12-8(6)5-7/h1-6,8H,(H,10,11). The molecule has 2 atom stereocenters. The van der Waals surface area contributed by atoms with E-state index in [0.717, 1.165) is 0 Å². The van der Waals surface area contributed by atoms with Crippen LogP contribution in [0.15, 0.2) is 35.3 Å². The fourth-order valence-electron chi connectivity index (χ4n) is 1.34. The van der Waals surface area contributed by atoms with Gasteiger partial charge in [0.25, 0.3) is 0 Å². The Bertz CT molecular complexity index is 302. The number of fused-ring (bicyclic) bond motifs is 1. The van der Waals surface area contributed by atoms with Gasteiger partial charge in [-0.15, -0.1) is 11.8 Å². The van der Waals surface area contributed by atoms with Crippen molar-refractivity contribution in [3.63, 3.8) is 0 Å². The molecular formula is C9H8O2S. The maximum absolute atomic E-state index is 10.6. The predicted octanol–water partition coefficient (Wildman–Crippen LogP) is 1.81. The van der Waals surface area contributed by atoms with Crippen LogP contribution in [-0.2, 0) is 4.79 Å². The van der Waals surface area contributed by atoms with E-state index in [2.05, 4.69) is 6.08 Å². The molecule has 12 heavy (non-hydrogen) atoms. The molecule has 0 aromatic carbocycles. The zero-order valence-electron chi connectivity index (χ0n) is 6.31. The lowest BCUT2D eigenvalue weighted by molar-refractivity contribution is -0.132. The number of carbonyl (C=O) groups is 1. The van der Waals surface area contributed by atoms with Crippen molar-refractivity contribution >= 4 is 17.7 Å². The number of rotatable bonds is 1. The van der Waals surface area contributed by atoms with E-state index in [1.807, 2.05) is 17.6 Å². The van der Waals surface area contributed by atoms with Crippen LogP contribution in [0, 0.1) is 5.92 Å². The summed E-state index contributed by atoms with van der Waals surface area (Å²) in [7, 11) is 0. The highest BCUT2D eigenvalue weighted by Gasteiger charge is 2.24. The summed E-state index contributed by atoms with van der Waals surface area (Å²) in [5.74, 6) is -0.435. The molecule has 0 amide bonds. The molecule has 2 unspecified atom stereocenters. The van der Waals surface area contributed by atoms with E-state index >= 15 is 0 Å². The van der Waals surface area contributed by atoms with Gasteiger partial charge in [0.2, 0.25) is 0 Å². The van der Waals surface area contributed by atoms with E-state index in [1.54, 1.807) is 17.8 Å². The van der Waals surface area contributed by atoms with Gasteiger partial charge < -0.3 is 5.11 Å². The van der Waals surface area contributed by atoms with Crippen LogP contribution in [0.3, 0.4) is 0 Å². The molecule has 2 rings (SSSR count). The summed E-state index contributed by atoms with van der Waals surface area (Å²) in [6, 6.07) is 0. The second kappa shape index (κ2) is 2.83. The highest BCUT2D eigenvalue weighted by molar-refractivity contribution is 8.03. The third kappa shape index (κ3) is 1.20. The second-order valence-corrected chi connectivity index (χ2v) is 3.88. The molecule has 0 fully saturated rings. The average Bonchev–Trinajstić information content (AvgIpc) is 2.49. The minimum atomic E-state index is -0.836. The molecule has 1 aliphatic heterocycles. The van der Waals surface area contributed by atoms with Crippen LogP contribution < -0.4 is 0 Å². The summed E-state index contributed by atoms with van der Waals surface area (Å²) in [5.41, 5.74) is 0.410. The largest absolute Gasteiger partial charge is 0.478 e. The number of hydrogen-bond donors (Lipinski definition) is 1. The van der Waals surface area contributed by atoms with Gasteiger partial charge >= 0.3 is 5.97 Å². The molecule has 0 saturated heterocycles. The molecule has 2 aliphatic rings. The fraction of sp³-hybridized carbons (Fsp3) is 0.222. The van der Waals surface area contributed by atoms with Gasteiger partial charge in [0.05, 0.1) is 5.57 Å². The summed E-state index contributed by atoms with van der Waals surface area (Å²) in [6.07, 6.45) is 7.54. The molecule has 0 spiro atoms. The molecule has 0 aromatic rings. The van der Waals surface area contributed by atoms with Crippen LogP contribution in [0.5, 0.6) is 0 Å². The van der Waals surface area contributed by atoms with Gasteiger partial charge in [-0.1, -0.05) is 24.3 Å². The number of hydrogen-bond acceptors (Lipinski definition) is 2. The molecule has 0 aromatic heterocycles. The second-order valence-electron chi connectivity index (χ2n) is 2.79. The lowest BCUT2D eigenvalue weighted by Crippen LogP contribution is -2.13. The number of aliphatic carboxylic acids is 1. The van der Waals surface area contributed by atoms with Crippen molar-refractivity contribution in [2.24, 2.45) is 5.92 Å². The molecule has 0 saturated carbocycles. The molecule has 3 heteroatoms. The zero-order valence-corrected chi connectivity index (χ0v) is 7.12. The van der Waals surface area contributed by atoms with Gasteiger partial charge in [0, 0.05) is 11.2 Å². The summed E-state index contributed by atoms with van der Waals surface area (Å²) in [5, 5.41) is 11.0. The SMILES string of the molecule is O=C(O)C1=CC2SC=CC2C=C1. The third-order valence-corrected chi connectivity index (χ3v) is 3.08. The first-order valence-corrected chi connectivity index (χ1v) is 4.67. The molecule has 0 radical (unpaired) electrons. The van der Waals surface area contributed by atoms with Crippen LogP contribution in [0.25, 0.3) is 0 Å². The summed E-state index contributed by atoms with van der Waals surface area (Å²) in [4.78, 5) is 10.6. The molecule has 2 nitrogen and oxygen atoms in total. The quantitative estimate of drug-likeness (QED) is 0.668. The van der Waals surface area contributed by atoms with Crippen molar-refractivity contribution in [3.05, 3.63) is 35.3 Å². The van der Waals surface area contributed by atoms with Gasteiger partial charge in [-0.3, -0.25) is 0 Å². The maximum Gasteiger partial charge on any atom is 0.335 e. The first kappa shape index (κ1) is 7.68. The number of carboxylic acids is 1. The van der Waals surface area contributed by atoms with Crippen LogP contribution in [0.1, 0.15) is 0 Å². The Balaban J connectivity index is 2.23. The predicted molar refractivity (Wildman–Crippen MR) is 48.9 cm³/mol. The number of allylic oxidation sites excluding steroid dienone is 2. The Hall–Kier alpha value is -0.960. The third-order valence-electron chi connectivity index (χ3n) is 2.00. The van der Waals surface area contributed by atoms with Gasteiger partial charge in [-0.25, -0.2) is 4.79 Å². The van der Waals surface area contributed by atoms with Crippen molar-refractivity contribution in [1.29, 1.82) is 0 Å². The van der Waals surface area contributed by atoms with Crippen molar-refractivity contribution in [1.82, 2.24) is 0 Å². The first-order chi connectivity index (χ1) is 5.77. The monoisotopic (exact) mass is 180 g/mol. The normalized spacial score (nSPS) is 31.5. The van der Waals surface area contributed by atoms with E-state index in [0.29, 0.717) is 16.7 Å². The lowest BCUT2D eigenvalue weighted by atomic mass is 9.97. The smallest absolute Gasteiger partial charge is 0.335 e. The highest BCUT2D eigenvalue weighted by Crippen LogP contribution is 2.35. The van der Waals surface area contributed by atoms with Gasteiger partial charge in [-0.05, 0) is 5.41 Å². The van der Waals surface area contributed by atoms with E-state index in [1.165, 1.54) is 0 Å².